The number of rotatable bonds is 5. The number of thiophene rings is 1. The number of fused-ring (bicyclic) bond motifs is 1. The average molecular weight is 474 g/mol. The van der Waals surface area contributed by atoms with Gasteiger partial charge >= 0.3 is 6.18 Å². The van der Waals surface area contributed by atoms with E-state index in [0.717, 1.165) is 6.07 Å². The standard InChI is InChI=1S/C19H19ClF3N5O2S/c1-7-5-11(19(21,22)23)25-18-12(7)14(15(31-18)16(24)29)26-17(30)8(2)6-28-10(4)13(20)9(3)27-28/h5,8H,6H2,1-4H3,(H2,24,29)(H,26,30). The van der Waals surface area contributed by atoms with Gasteiger partial charge in [0.1, 0.15) is 15.4 Å². The van der Waals surface area contributed by atoms with Crippen LogP contribution in [-0.4, -0.2) is 26.6 Å². The highest BCUT2D eigenvalue weighted by atomic mass is 35.5. The van der Waals surface area contributed by atoms with Crippen LogP contribution in [0, 0.1) is 26.7 Å². The van der Waals surface area contributed by atoms with E-state index in [1.807, 2.05) is 0 Å². The molecule has 3 aromatic rings. The van der Waals surface area contributed by atoms with Gasteiger partial charge in [0, 0.05) is 5.39 Å². The zero-order valence-corrected chi connectivity index (χ0v) is 18.6. The molecule has 1 atom stereocenters. The number of nitrogens with zero attached hydrogens (tertiary/aromatic N) is 3. The van der Waals surface area contributed by atoms with Crippen molar-refractivity contribution in [2.24, 2.45) is 11.7 Å². The number of hydrogen-bond acceptors (Lipinski definition) is 5. The lowest BCUT2D eigenvalue weighted by Crippen LogP contribution is -2.26. The molecule has 0 saturated heterocycles. The lowest BCUT2D eigenvalue weighted by atomic mass is 10.1. The van der Waals surface area contributed by atoms with Crippen LogP contribution in [0.5, 0.6) is 0 Å². The lowest BCUT2D eigenvalue weighted by Gasteiger charge is -2.14. The van der Waals surface area contributed by atoms with Gasteiger partial charge in [-0.25, -0.2) is 4.98 Å². The Bertz CT molecular complexity index is 1200. The van der Waals surface area contributed by atoms with E-state index in [0.29, 0.717) is 27.7 Å². The quantitative estimate of drug-likeness (QED) is 0.570. The van der Waals surface area contributed by atoms with Gasteiger partial charge in [0.15, 0.2) is 0 Å². The van der Waals surface area contributed by atoms with Gasteiger partial charge in [-0.15, -0.1) is 11.3 Å². The molecule has 0 saturated carbocycles. The molecule has 0 fully saturated rings. The molecule has 3 heterocycles. The second-order valence-electron chi connectivity index (χ2n) is 7.23. The zero-order valence-electron chi connectivity index (χ0n) is 17.0. The van der Waals surface area contributed by atoms with Gasteiger partial charge in [0.05, 0.1) is 34.6 Å². The van der Waals surface area contributed by atoms with Gasteiger partial charge in [-0.1, -0.05) is 18.5 Å². The molecule has 0 bridgehead atoms. The van der Waals surface area contributed by atoms with Crippen molar-refractivity contribution in [1.29, 1.82) is 0 Å². The number of nitrogens with two attached hydrogens (primary N) is 1. The van der Waals surface area contributed by atoms with Crippen LogP contribution < -0.4 is 11.1 Å². The molecule has 3 N–H and O–H groups in total. The van der Waals surface area contributed by atoms with Crippen molar-refractivity contribution in [3.8, 4) is 0 Å². The molecule has 0 aromatic carbocycles. The first kappa shape index (κ1) is 23.0. The van der Waals surface area contributed by atoms with Crippen LogP contribution in [0.25, 0.3) is 10.2 Å². The number of pyridine rings is 1. The molecule has 0 aliphatic rings. The Balaban J connectivity index is 1.97. The van der Waals surface area contributed by atoms with E-state index in [1.54, 1.807) is 25.5 Å². The molecule has 3 aromatic heterocycles. The molecule has 0 spiro atoms. The van der Waals surface area contributed by atoms with Crippen LogP contribution in [0.3, 0.4) is 0 Å². The van der Waals surface area contributed by atoms with Crippen molar-refractivity contribution in [2.75, 3.05) is 5.32 Å². The zero-order chi connectivity index (χ0) is 23.2. The Labute approximate surface area is 184 Å². The SMILES string of the molecule is Cc1nn(CC(C)C(=O)Nc2c(C(N)=O)sc3nc(C(F)(F)F)cc(C)c23)c(C)c1Cl. The number of aromatic nitrogens is 3. The normalized spacial score (nSPS) is 12.9. The minimum absolute atomic E-state index is 0.0330. The molecule has 2 amide bonds. The van der Waals surface area contributed by atoms with Crippen LogP contribution in [0.15, 0.2) is 6.07 Å². The van der Waals surface area contributed by atoms with E-state index in [-0.39, 0.29) is 32.9 Å². The molecule has 7 nitrogen and oxygen atoms in total. The summed E-state index contributed by atoms with van der Waals surface area (Å²) in [6, 6.07) is 0.872. The van der Waals surface area contributed by atoms with Crippen LogP contribution in [0.2, 0.25) is 5.02 Å². The van der Waals surface area contributed by atoms with Crippen molar-refractivity contribution < 1.29 is 22.8 Å². The molecular formula is C19H19ClF3N5O2S. The number of anilines is 1. The van der Waals surface area contributed by atoms with Crippen molar-refractivity contribution >= 4 is 50.7 Å². The predicted octanol–water partition coefficient (Wildman–Crippen LogP) is 4.46. The van der Waals surface area contributed by atoms with Gasteiger partial charge < -0.3 is 11.1 Å². The van der Waals surface area contributed by atoms with E-state index >= 15 is 0 Å². The summed E-state index contributed by atoms with van der Waals surface area (Å²) < 4.78 is 40.9. The fraction of sp³-hybridized carbons (Fsp3) is 0.368. The maximum absolute atomic E-state index is 13.1. The summed E-state index contributed by atoms with van der Waals surface area (Å²) in [5.74, 6) is -1.91. The third-order valence-electron chi connectivity index (χ3n) is 4.81. The second-order valence-corrected chi connectivity index (χ2v) is 8.61. The minimum atomic E-state index is -4.64. The summed E-state index contributed by atoms with van der Waals surface area (Å²) >= 11 is 6.85. The van der Waals surface area contributed by atoms with E-state index in [1.165, 1.54) is 6.92 Å². The molecule has 1 unspecified atom stereocenters. The average Bonchev–Trinajstić information content (AvgIpc) is 3.14. The largest absolute Gasteiger partial charge is 0.433 e. The highest BCUT2D eigenvalue weighted by Gasteiger charge is 2.34. The molecule has 166 valence electrons. The molecular weight excluding hydrogens is 455 g/mol. The Morgan fingerprint density at radius 2 is 1.97 bits per heavy atom. The van der Waals surface area contributed by atoms with Crippen LogP contribution >= 0.6 is 22.9 Å². The summed E-state index contributed by atoms with van der Waals surface area (Å²) in [6.07, 6.45) is -4.64. The fourth-order valence-corrected chi connectivity index (χ4v) is 4.36. The summed E-state index contributed by atoms with van der Waals surface area (Å²) in [5.41, 5.74) is 5.95. The highest BCUT2D eigenvalue weighted by molar-refractivity contribution is 7.21. The number of carbonyl (C=O) groups excluding carboxylic acids is 2. The van der Waals surface area contributed by atoms with Gasteiger partial charge in [0.2, 0.25) is 5.91 Å². The maximum Gasteiger partial charge on any atom is 0.433 e. The highest BCUT2D eigenvalue weighted by Crippen LogP contribution is 2.40. The Hall–Kier alpha value is -2.66. The third kappa shape index (κ3) is 4.38. The molecule has 12 heteroatoms. The van der Waals surface area contributed by atoms with Gasteiger partial charge in [0.25, 0.3) is 5.91 Å². The Morgan fingerprint density at radius 3 is 2.48 bits per heavy atom. The van der Waals surface area contributed by atoms with Gasteiger partial charge in [-0.3, -0.25) is 14.3 Å². The van der Waals surface area contributed by atoms with E-state index in [9.17, 15) is 22.8 Å². The first-order valence-electron chi connectivity index (χ1n) is 9.12. The van der Waals surface area contributed by atoms with Crippen molar-refractivity contribution in [3.05, 3.63) is 38.6 Å². The predicted molar refractivity (Wildman–Crippen MR) is 112 cm³/mol. The summed E-state index contributed by atoms with van der Waals surface area (Å²) in [6.45, 7) is 6.85. The molecule has 3 rings (SSSR count). The minimum Gasteiger partial charge on any atom is -0.365 e. The van der Waals surface area contributed by atoms with Gasteiger partial charge in [-0.05, 0) is 32.4 Å². The van der Waals surface area contributed by atoms with Gasteiger partial charge in [-0.2, -0.15) is 18.3 Å². The lowest BCUT2D eigenvalue weighted by molar-refractivity contribution is -0.141. The van der Waals surface area contributed by atoms with Crippen molar-refractivity contribution in [3.63, 3.8) is 0 Å². The third-order valence-corrected chi connectivity index (χ3v) is 6.45. The van der Waals surface area contributed by atoms with Crippen LogP contribution in [0.4, 0.5) is 18.9 Å². The number of carbonyl (C=O) groups is 2. The van der Waals surface area contributed by atoms with Crippen LogP contribution in [0.1, 0.15) is 39.2 Å². The number of primary amides is 1. The van der Waals surface area contributed by atoms with E-state index in [4.69, 9.17) is 17.3 Å². The smallest absolute Gasteiger partial charge is 0.365 e. The molecule has 31 heavy (non-hydrogen) atoms. The number of nitrogens with one attached hydrogen (secondary N) is 1. The second kappa shape index (κ2) is 8.12. The molecule has 0 aliphatic carbocycles. The number of aryl methyl sites for hydroxylation is 2. The van der Waals surface area contributed by atoms with Crippen LogP contribution in [-0.2, 0) is 17.5 Å². The summed E-state index contributed by atoms with van der Waals surface area (Å²) in [5, 5.41) is 7.70. The summed E-state index contributed by atoms with van der Waals surface area (Å²) in [7, 11) is 0. The molecule has 0 radical (unpaired) electrons. The first-order chi connectivity index (χ1) is 14.3. The fourth-order valence-electron chi connectivity index (χ4n) is 3.16. The van der Waals surface area contributed by atoms with E-state index < -0.39 is 29.6 Å². The van der Waals surface area contributed by atoms with E-state index in [2.05, 4.69) is 15.4 Å². The number of halogens is 4. The summed E-state index contributed by atoms with van der Waals surface area (Å²) in [4.78, 5) is 28.3. The molecule has 0 aliphatic heterocycles. The Morgan fingerprint density at radius 1 is 1.32 bits per heavy atom. The number of amides is 2. The van der Waals surface area contributed by atoms with Crippen molar-refractivity contribution in [1.82, 2.24) is 14.8 Å². The maximum atomic E-state index is 13.1. The number of alkyl halides is 3. The monoisotopic (exact) mass is 473 g/mol. The Kier molecular flexibility index (Phi) is 6.03. The number of hydrogen-bond donors (Lipinski definition) is 2. The van der Waals surface area contributed by atoms with Crippen molar-refractivity contribution in [2.45, 2.75) is 40.4 Å². The topological polar surface area (TPSA) is 103 Å². The first-order valence-corrected chi connectivity index (χ1v) is 10.3.